The highest BCUT2D eigenvalue weighted by Crippen LogP contribution is 2.57. The van der Waals surface area contributed by atoms with E-state index < -0.39 is 9.73 Å². The van der Waals surface area contributed by atoms with Crippen molar-refractivity contribution in [3.8, 4) is 0 Å². The van der Waals surface area contributed by atoms with Crippen LogP contribution in [0.3, 0.4) is 0 Å². The molecule has 3 aromatic rings. The molecule has 6 rings (SSSR count). The van der Waals surface area contributed by atoms with E-state index in [9.17, 15) is 8.60 Å². The van der Waals surface area contributed by atoms with Crippen LogP contribution in [0, 0.1) is 16.0 Å². The van der Waals surface area contributed by atoms with Crippen LogP contribution < -0.4 is 16.4 Å². The summed E-state index contributed by atoms with van der Waals surface area (Å²) in [6.07, 6.45) is 7.86. The molecular weight excluding hydrogens is 531 g/mol. The van der Waals surface area contributed by atoms with E-state index in [1.54, 1.807) is 30.5 Å². The number of nitrogens with zero attached hydrogens (tertiary/aromatic N) is 3. The van der Waals surface area contributed by atoms with Crippen LogP contribution in [0.4, 0.5) is 16.0 Å². The molecule has 2 aliphatic heterocycles. The van der Waals surface area contributed by atoms with Gasteiger partial charge in [-0.1, -0.05) is 35.5 Å². The molecule has 5 N–H and O–H groups in total. The molecule has 37 heavy (non-hydrogen) atoms. The number of nitrogen functional groups attached to an aromatic ring is 1. The monoisotopic (exact) mass is 558 g/mol. The first-order chi connectivity index (χ1) is 17.6. The second kappa shape index (κ2) is 8.83. The van der Waals surface area contributed by atoms with Crippen molar-refractivity contribution in [3.05, 3.63) is 64.6 Å². The molecular formula is C26H28ClFN6OS2. The van der Waals surface area contributed by atoms with Crippen molar-refractivity contribution in [1.29, 1.82) is 4.78 Å². The number of aromatic nitrogens is 2. The molecule has 2 aromatic carbocycles. The topological polar surface area (TPSA) is 122 Å². The zero-order chi connectivity index (χ0) is 26.1. The van der Waals surface area contributed by atoms with Gasteiger partial charge in [0.15, 0.2) is 5.82 Å². The third kappa shape index (κ3) is 4.18. The van der Waals surface area contributed by atoms with E-state index >= 15 is 0 Å². The summed E-state index contributed by atoms with van der Waals surface area (Å²) in [5, 5.41) is 0.778. The number of rotatable bonds is 4. The molecule has 2 saturated heterocycles. The number of hydrogen-bond donors (Lipinski definition) is 3. The van der Waals surface area contributed by atoms with Gasteiger partial charge >= 0.3 is 0 Å². The van der Waals surface area contributed by atoms with Gasteiger partial charge in [0.1, 0.15) is 16.7 Å². The average Bonchev–Trinajstić information content (AvgIpc) is 3.25. The smallest absolute Gasteiger partial charge is 0.158 e. The zero-order valence-corrected chi connectivity index (χ0v) is 22.7. The molecule has 3 unspecified atom stereocenters. The average molecular weight is 559 g/mol. The van der Waals surface area contributed by atoms with Gasteiger partial charge < -0.3 is 16.4 Å². The standard InChI is InChI=1S/C26H28ClFN6OS2/c1-37(31,35)20-4-2-3-19(22(20)27)36-25-24(30)33-21(13-32-25)34-16-6-7-17(34)12-26(11-16)10-14-9-15(28)5-8-18(14)23(26)29/h2-5,8-9,13,16-17,23,31H,6-7,10-12,29H2,1H3,(H2,30,33)/t16-,17?,23+,26?,37?/m0/s1. The fourth-order valence-corrected chi connectivity index (χ4v) is 8.91. The molecule has 7 nitrogen and oxygen atoms in total. The van der Waals surface area contributed by atoms with Crippen LogP contribution in [-0.2, 0) is 16.1 Å². The predicted molar refractivity (Wildman–Crippen MR) is 145 cm³/mol. The normalized spacial score (nSPS) is 27.9. The number of hydrogen-bond acceptors (Lipinski definition) is 8. The first-order valence-corrected chi connectivity index (χ1v) is 15.4. The number of piperidine rings is 1. The molecule has 2 bridgehead atoms. The van der Waals surface area contributed by atoms with Gasteiger partial charge in [-0.05, 0) is 72.9 Å². The van der Waals surface area contributed by atoms with E-state index in [2.05, 4.69) is 9.88 Å². The van der Waals surface area contributed by atoms with Crippen molar-refractivity contribution in [1.82, 2.24) is 9.97 Å². The molecule has 0 amide bonds. The molecule has 11 heteroatoms. The highest BCUT2D eigenvalue weighted by Gasteiger charge is 2.54. The molecule has 1 aliphatic carbocycles. The molecule has 1 aromatic heterocycles. The molecule has 2 fully saturated rings. The van der Waals surface area contributed by atoms with Gasteiger partial charge in [0.05, 0.1) is 25.8 Å². The summed E-state index contributed by atoms with van der Waals surface area (Å²) in [5.41, 5.74) is 15.2. The third-order valence-corrected chi connectivity index (χ3v) is 11.0. The Balaban J connectivity index is 1.24. The van der Waals surface area contributed by atoms with Crippen molar-refractivity contribution in [3.63, 3.8) is 0 Å². The quantitative estimate of drug-likeness (QED) is 0.391. The van der Waals surface area contributed by atoms with E-state index in [0.717, 1.165) is 49.0 Å². The fourth-order valence-electron chi connectivity index (χ4n) is 6.57. The van der Waals surface area contributed by atoms with Crippen molar-refractivity contribution >= 4 is 44.7 Å². The third-order valence-electron chi connectivity index (χ3n) is 8.12. The Bertz CT molecular complexity index is 1500. The summed E-state index contributed by atoms with van der Waals surface area (Å²) in [7, 11) is -2.96. The fraction of sp³-hybridized carbons (Fsp3) is 0.385. The lowest BCUT2D eigenvalue weighted by Crippen LogP contribution is -2.51. The lowest BCUT2D eigenvalue weighted by Gasteiger charge is -2.47. The highest BCUT2D eigenvalue weighted by atomic mass is 35.5. The van der Waals surface area contributed by atoms with E-state index in [1.807, 2.05) is 6.07 Å². The van der Waals surface area contributed by atoms with Crippen LogP contribution in [-0.4, -0.2) is 32.5 Å². The maximum absolute atomic E-state index is 13.9. The minimum absolute atomic E-state index is 0.0646. The predicted octanol–water partition coefficient (Wildman–Crippen LogP) is 5.41. The van der Waals surface area contributed by atoms with Gasteiger partial charge in [-0.2, -0.15) is 0 Å². The van der Waals surface area contributed by atoms with Crippen LogP contribution in [0.15, 0.2) is 57.4 Å². The van der Waals surface area contributed by atoms with Crippen LogP contribution >= 0.6 is 23.4 Å². The van der Waals surface area contributed by atoms with E-state index in [0.29, 0.717) is 15.7 Å². The van der Waals surface area contributed by atoms with Crippen LogP contribution in [0.1, 0.15) is 42.9 Å². The number of fused-ring (bicyclic) bond motifs is 3. The Labute approximate surface area is 225 Å². The first kappa shape index (κ1) is 24.9. The summed E-state index contributed by atoms with van der Waals surface area (Å²) in [6, 6.07) is 10.6. The van der Waals surface area contributed by atoms with Crippen LogP contribution in [0.2, 0.25) is 5.02 Å². The van der Waals surface area contributed by atoms with E-state index in [4.69, 9.17) is 32.8 Å². The minimum atomic E-state index is -2.96. The van der Waals surface area contributed by atoms with E-state index in [1.165, 1.54) is 24.1 Å². The molecule has 1 spiro atoms. The largest absolute Gasteiger partial charge is 0.381 e. The van der Waals surface area contributed by atoms with Crippen molar-refractivity contribution in [2.75, 3.05) is 16.9 Å². The minimum Gasteiger partial charge on any atom is -0.381 e. The van der Waals surface area contributed by atoms with Crippen molar-refractivity contribution < 1.29 is 8.60 Å². The molecule has 194 valence electrons. The summed E-state index contributed by atoms with van der Waals surface area (Å²) in [6.45, 7) is 0. The van der Waals surface area contributed by atoms with Gasteiger partial charge in [-0.25, -0.2) is 23.3 Å². The molecule has 3 aliphatic rings. The molecule has 3 heterocycles. The maximum Gasteiger partial charge on any atom is 0.158 e. The number of benzene rings is 2. The summed E-state index contributed by atoms with van der Waals surface area (Å²) < 4.78 is 34.0. The van der Waals surface area contributed by atoms with E-state index in [-0.39, 0.29) is 39.3 Å². The maximum atomic E-state index is 13.9. The van der Waals surface area contributed by atoms with Crippen LogP contribution in [0.5, 0.6) is 0 Å². The van der Waals surface area contributed by atoms with Gasteiger partial charge in [0.25, 0.3) is 0 Å². The lowest BCUT2D eigenvalue weighted by molar-refractivity contribution is 0.155. The van der Waals surface area contributed by atoms with Gasteiger partial charge in [0, 0.05) is 29.3 Å². The second-order valence-electron chi connectivity index (χ2n) is 10.5. The highest BCUT2D eigenvalue weighted by molar-refractivity contribution is 7.99. The van der Waals surface area contributed by atoms with Gasteiger partial charge in [-0.15, -0.1) is 0 Å². The second-order valence-corrected chi connectivity index (χ2v) is 14.0. The molecule has 0 saturated carbocycles. The van der Waals surface area contributed by atoms with Crippen LogP contribution in [0.25, 0.3) is 0 Å². The summed E-state index contributed by atoms with van der Waals surface area (Å²) in [5.74, 6) is 0.845. The molecule has 5 atom stereocenters. The Morgan fingerprint density at radius 2 is 1.97 bits per heavy atom. The summed E-state index contributed by atoms with van der Waals surface area (Å²) >= 11 is 7.71. The van der Waals surface area contributed by atoms with Gasteiger partial charge in [-0.3, -0.25) is 0 Å². The summed E-state index contributed by atoms with van der Waals surface area (Å²) in [4.78, 5) is 12.6. The first-order valence-electron chi connectivity index (χ1n) is 12.2. The number of nitrogens with one attached hydrogen (secondary N) is 1. The number of nitrogens with two attached hydrogens (primary N) is 2. The van der Waals surface area contributed by atoms with Crippen molar-refractivity contribution in [2.45, 2.75) is 65.0 Å². The molecule has 0 radical (unpaired) electrons. The SMILES string of the molecule is CS(=N)(=O)c1cccc(Sc2ncc(N3C4CC[C@H]3CC3(Cc5cc(F)ccc5[C@H]3N)C4)nc2N)c1Cl. The Hall–Kier alpha value is -2.40. The van der Waals surface area contributed by atoms with Crippen molar-refractivity contribution in [2.24, 2.45) is 11.1 Å². The Morgan fingerprint density at radius 1 is 1.24 bits per heavy atom. The lowest BCUT2D eigenvalue weighted by atomic mass is 9.70. The number of halogens is 2. The Morgan fingerprint density at radius 3 is 2.65 bits per heavy atom. The van der Waals surface area contributed by atoms with Gasteiger partial charge in [0.2, 0.25) is 0 Å². The number of anilines is 2. The Kier molecular flexibility index (Phi) is 5.94. The zero-order valence-electron chi connectivity index (χ0n) is 20.3.